The Labute approximate surface area is 122 Å². The summed E-state index contributed by atoms with van der Waals surface area (Å²) in [4.78, 5) is 14.1. The predicted molar refractivity (Wildman–Crippen MR) is 80.1 cm³/mol. The molecule has 20 heavy (non-hydrogen) atoms. The minimum atomic E-state index is -0.210. The molecule has 0 unspecified atom stereocenters. The average Bonchev–Trinajstić information content (AvgIpc) is 2.80. The van der Waals surface area contributed by atoms with Crippen molar-refractivity contribution in [1.82, 2.24) is 10.1 Å². The third-order valence-corrected chi connectivity index (χ3v) is 3.34. The number of halogens is 1. The second kappa shape index (κ2) is 4.97. The van der Waals surface area contributed by atoms with E-state index in [1.165, 1.54) is 6.07 Å². The number of nitrogens with two attached hydrogens (primary N) is 1. The number of benzene rings is 1. The molecular formula is C14H10BrN3O2. The molecule has 5 nitrogen and oxygen atoms in total. The van der Waals surface area contributed by atoms with Crippen molar-refractivity contribution >= 4 is 21.7 Å². The standard InChI is InChI=1S/C14H10BrN3O2/c15-9-4-1-3-8(7-9)12-13(20-18-14(12)16)10-5-2-6-11(19)17-10/h1-7H,(H2,16,18)(H,17,19). The van der Waals surface area contributed by atoms with Crippen LogP contribution in [0, 0.1) is 0 Å². The lowest BCUT2D eigenvalue weighted by atomic mass is 10.0. The molecule has 0 saturated heterocycles. The summed E-state index contributed by atoms with van der Waals surface area (Å²) in [5.41, 5.74) is 7.73. The third kappa shape index (κ3) is 2.25. The number of nitrogen functional groups attached to an aromatic ring is 1. The quantitative estimate of drug-likeness (QED) is 0.755. The van der Waals surface area contributed by atoms with E-state index in [2.05, 4.69) is 26.1 Å². The van der Waals surface area contributed by atoms with Crippen molar-refractivity contribution in [2.45, 2.75) is 0 Å². The van der Waals surface area contributed by atoms with E-state index in [9.17, 15) is 4.79 Å². The predicted octanol–water partition coefficient (Wildman–Crippen LogP) is 3.04. The Kier molecular flexibility index (Phi) is 3.15. The van der Waals surface area contributed by atoms with Crippen LogP contribution in [-0.4, -0.2) is 10.1 Å². The molecule has 0 aliphatic heterocycles. The molecule has 3 rings (SSSR count). The lowest BCUT2D eigenvalue weighted by molar-refractivity contribution is 0.434. The molecule has 1 aromatic carbocycles. The van der Waals surface area contributed by atoms with Crippen molar-refractivity contribution in [3.8, 4) is 22.6 Å². The summed E-state index contributed by atoms with van der Waals surface area (Å²) in [5.74, 6) is 0.723. The van der Waals surface area contributed by atoms with E-state index < -0.39 is 0 Å². The Bertz CT molecular complexity index is 823. The number of aromatic amines is 1. The number of H-pyrrole nitrogens is 1. The Balaban J connectivity index is 2.22. The van der Waals surface area contributed by atoms with Crippen molar-refractivity contribution in [2.75, 3.05) is 5.73 Å². The molecule has 0 aliphatic rings. The van der Waals surface area contributed by atoms with Crippen LogP contribution in [0.4, 0.5) is 5.82 Å². The van der Waals surface area contributed by atoms with Gasteiger partial charge in [0, 0.05) is 10.5 Å². The van der Waals surface area contributed by atoms with Gasteiger partial charge in [0.25, 0.3) is 0 Å². The summed E-state index contributed by atoms with van der Waals surface area (Å²) in [6.45, 7) is 0. The molecule has 0 radical (unpaired) electrons. The zero-order valence-corrected chi connectivity index (χ0v) is 11.8. The summed E-state index contributed by atoms with van der Waals surface area (Å²) in [7, 11) is 0. The molecule has 2 heterocycles. The molecule has 0 amide bonds. The number of hydrogen-bond acceptors (Lipinski definition) is 4. The van der Waals surface area contributed by atoms with Gasteiger partial charge in [-0.1, -0.05) is 39.3 Å². The van der Waals surface area contributed by atoms with Crippen molar-refractivity contribution < 1.29 is 4.52 Å². The highest BCUT2D eigenvalue weighted by Crippen LogP contribution is 2.36. The van der Waals surface area contributed by atoms with Crippen LogP contribution in [0.15, 0.2) is 56.3 Å². The summed E-state index contributed by atoms with van der Waals surface area (Å²) in [6.07, 6.45) is 0. The van der Waals surface area contributed by atoms with Gasteiger partial charge < -0.3 is 15.2 Å². The van der Waals surface area contributed by atoms with Crippen LogP contribution in [0.3, 0.4) is 0 Å². The Morgan fingerprint density at radius 2 is 2.00 bits per heavy atom. The molecule has 0 spiro atoms. The van der Waals surface area contributed by atoms with Crippen LogP contribution in [0.2, 0.25) is 0 Å². The molecule has 0 atom stereocenters. The van der Waals surface area contributed by atoms with E-state index in [0.717, 1.165) is 10.0 Å². The number of rotatable bonds is 2. The zero-order chi connectivity index (χ0) is 14.1. The number of nitrogens with one attached hydrogen (secondary N) is 1. The van der Waals surface area contributed by atoms with Gasteiger partial charge >= 0.3 is 0 Å². The third-order valence-electron chi connectivity index (χ3n) is 2.84. The first kappa shape index (κ1) is 12.7. The van der Waals surface area contributed by atoms with E-state index in [0.29, 0.717) is 17.0 Å². The van der Waals surface area contributed by atoms with Crippen LogP contribution in [0.5, 0.6) is 0 Å². The molecule has 3 N–H and O–H groups in total. The van der Waals surface area contributed by atoms with E-state index in [-0.39, 0.29) is 11.4 Å². The number of pyridine rings is 1. The second-order valence-electron chi connectivity index (χ2n) is 4.21. The fourth-order valence-corrected chi connectivity index (χ4v) is 2.39. The normalized spacial score (nSPS) is 10.7. The van der Waals surface area contributed by atoms with E-state index in [4.69, 9.17) is 10.3 Å². The first-order valence-corrected chi connectivity index (χ1v) is 6.65. The SMILES string of the molecule is Nc1noc(-c2cccc(=O)[nH]2)c1-c1cccc(Br)c1. The Morgan fingerprint density at radius 1 is 1.20 bits per heavy atom. The van der Waals surface area contributed by atoms with Crippen molar-refractivity contribution in [3.05, 3.63) is 57.3 Å². The van der Waals surface area contributed by atoms with Crippen molar-refractivity contribution in [2.24, 2.45) is 0 Å². The Hall–Kier alpha value is -2.34. The van der Waals surface area contributed by atoms with Crippen LogP contribution in [0.25, 0.3) is 22.6 Å². The average molecular weight is 332 g/mol. The Morgan fingerprint density at radius 3 is 2.75 bits per heavy atom. The van der Waals surface area contributed by atoms with Crippen molar-refractivity contribution in [1.29, 1.82) is 0 Å². The minimum Gasteiger partial charge on any atom is -0.380 e. The molecule has 6 heteroatoms. The summed E-state index contributed by atoms with van der Waals surface area (Å²) in [6, 6.07) is 12.4. The number of aromatic nitrogens is 2. The van der Waals surface area contributed by atoms with Crippen LogP contribution < -0.4 is 11.3 Å². The van der Waals surface area contributed by atoms with Gasteiger partial charge in [-0.3, -0.25) is 4.79 Å². The second-order valence-corrected chi connectivity index (χ2v) is 5.13. The summed E-state index contributed by atoms with van der Waals surface area (Å²) in [5, 5.41) is 3.79. The number of hydrogen-bond donors (Lipinski definition) is 2. The monoisotopic (exact) mass is 331 g/mol. The highest BCUT2D eigenvalue weighted by molar-refractivity contribution is 9.10. The summed E-state index contributed by atoms with van der Waals surface area (Å²) >= 11 is 3.42. The summed E-state index contributed by atoms with van der Waals surface area (Å²) < 4.78 is 6.19. The van der Waals surface area contributed by atoms with Gasteiger partial charge in [-0.25, -0.2) is 0 Å². The van der Waals surface area contributed by atoms with Gasteiger partial charge in [0.1, 0.15) is 0 Å². The molecule has 3 aromatic rings. The van der Waals surface area contributed by atoms with Gasteiger partial charge in [0.2, 0.25) is 5.56 Å². The lowest BCUT2D eigenvalue weighted by Crippen LogP contribution is -2.03. The van der Waals surface area contributed by atoms with Gasteiger partial charge in [-0.15, -0.1) is 0 Å². The number of anilines is 1. The highest BCUT2D eigenvalue weighted by atomic mass is 79.9. The van der Waals surface area contributed by atoms with Crippen LogP contribution in [0.1, 0.15) is 0 Å². The van der Waals surface area contributed by atoms with Gasteiger partial charge in [-0.05, 0) is 23.8 Å². The van der Waals surface area contributed by atoms with Crippen LogP contribution in [-0.2, 0) is 0 Å². The minimum absolute atomic E-state index is 0.210. The molecular weight excluding hydrogens is 322 g/mol. The first-order chi connectivity index (χ1) is 9.65. The zero-order valence-electron chi connectivity index (χ0n) is 10.3. The molecule has 0 bridgehead atoms. The van der Waals surface area contributed by atoms with Crippen molar-refractivity contribution in [3.63, 3.8) is 0 Å². The van der Waals surface area contributed by atoms with E-state index in [1.54, 1.807) is 12.1 Å². The fraction of sp³-hybridized carbons (Fsp3) is 0. The maximum atomic E-state index is 11.4. The smallest absolute Gasteiger partial charge is 0.248 e. The fourth-order valence-electron chi connectivity index (χ4n) is 1.99. The molecule has 0 aliphatic carbocycles. The molecule has 2 aromatic heterocycles. The topological polar surface area (TPSA) is 84.9 Å². The largest absolute Gasteiger partial charge is 0.380 e. The lowest BCUT2D eigenvalue weighted by Gasteiger charge is -2.03. The molecule has 0 fully saturated rings. The van der Waals surface area contributed by atoms with E-state index in [1.807, 2.05) is 24.3 Å². The number of nitrogens with zero attached hydrogens (tertiary/aromatic N) is 1. The van der Waals surface area contributed by atoms with Gasteiger partial charge in [0.15, 0.2) is 11.6 Å². The first-order valence-electron chi connectivity index (χ1n) is 5.86. The van der Waals surface area contributed by atoms with E-state index >= 15 is 0 Å². The highest BCUT2D eigenvalue weighted by Gasteiger charge is 2.18. The molecule has 100 valence electrons. The molecule has 0 saturated carbocycles. The maximum Gasteiger partial charge on any atom is 0.248 e. The maximum absolute atomic E-state index is 11.4. The van der Waals surface area contributed by atoms with Gasteiger partial charge in [-0.2, -0.15) is 0 Å². The van der Waals surface area contributed by atoms with Crippen LogP contribution >= 0.6 is 15.9 Å². The van der Waals surface area contributed by atoms with Gasteiger partial charge in [0.05, 0.1) is 11.3 Å².